The number of aromatic nitrogens is 4. The van der Waals surface area contributed by atoms with Gasteiger partial charge in [0.05, 0.1) is 0 Å². The van der Waals surface area contributed by atoms with Gasteiger partial charge in [-0.2, -0.15) is 0 Å². The lowest BCUT2D eigenvalue weighted by Gasteiger charge is -2.14. The van der Waals surface area contributed by atoms with Crippen LogP contribution in [0.4, 0.5) is 0 Å². The third-order valence-corrected chi connectivity index (χ3v) is 13.7. The second-order valence-corrected chi connectivity index (χ2v) is 17.2. The first-order valence-electron chi connectivity index (χ1n) is 19.9. The lowest BCUT2D eigenvalue weighted by molar-refractivity contribution is 1.08. The third kappa shape index (κ3) is 6.04. The predicted molar refractivity (Wildman–Crippen MR) is 254 cm³/mol. The molecule has 0 aliphatic heterocycles. The normalized spacial score (nSPS) is 11.7. The monoisotopic (exact) mass is 800 g/mol. The van der Waals surface area contributed by atoms with Gasteiger partial charge in [-0.05, 0) is 105 Å². The largest absolute Gasteiger partial charge is 0.264 e. The SMILES string of the molecule is c1cncc(-c2ccc(-c3nc(-c4cc(-c5ccc6sc7ccccc7c6c5)cc(-c5ccc6sc7ccccc7c6c5)c4)nc(-c4cccc5ccccc45)n3)cc2)c1. The minimum absolute atomic E-state index is 0.616. The highest BCUT2D eigenvalue weighted by Crippen LogP contribution is 2.41. The second kappa shape index (κ2) is 14.2. The van der Waals surface area contributed by atoms with Gasteiger partial charge in [-0.1, -0.05) is 121 Å². The molecule has 8 aromatic carbocycles. The van der Waals surface area contributed by atoms with E-state index < -0.39 is 0 Å². The highest BCUT2D eigenvalue weighted by Gasteiger charge is 2.18. The fourth-order valence-corrected chi connectivity index (χ4v) is 10.6. The van der Waals surface area contributed by atoms with Gasteiger partial charge in [0.2, 0.25) is 0 Å². The van der Waals surface area contributed by atoms with Crippen molar-refractivity contribution >= 4 is 73.8 Å². The molecule has 4 aromatic heterocycles. The number of pyridine rings is 1. The Bertz CT molecular complexity index is 3470. The Morgan fingerprint density at radius 1 is 0.300 bits per heavy atom. The molecule has 0 aliphatic rings. The summed E-state index contributed by atoms with van der Waals surface area (Å²) in [5.41, 5.74) is 9.43. The number of thiophene rings is 2. The van der Waals surface area contributed by atoms with E-state index in [0.717, 1.165) is 60.8 Å². The Labute approximate surface area is 353 Å². The highest BCUT2D eigenvalue weighted by atomic mass is 32.1. The molecule has 0 spiro atoms. The molecule has 0 aliphatic carbocycles. The molecular weight excluding hydrogens is 769 g/mol. The van der Waals surface area contributed by atoms with Crippen molar-refractivity contribution in [1.29, 1.82) is 0 Å². The van der Waals surface area contributed by atoms with Crippen LogP contribution in [0.3, 0.4) is 0 Å². The van der Waals surface area contributed by atoms with Crippen LogP contribution in [0.1, 0.15) is 0 Å². The van der Waals surface area contributed by atoms with Gasteiger partial charge >= 0.3 is 0 Å². The van der Waals surface area contributed by atoms with Gasteiger partial charge in [0.15, 0.2) is 17.5 Å². The molecule has 0 N–H and O–H groups in total. The molecule has 0 radical (unpaired) electrons. The van der Waals surface area contributed by atoms with Gasteiger partial charge in [-0.3, -0.25) is 4.98 Å². The van der Waals surface area contributed by atoms with Gasteiger partial charge in [0.1, 0.15) is 0 Å². The molecule has 4 nitrogen and oxygen atoms in total. The maximum absolute atomic E-state index is 5.32. The summed E-state index contributed by atoms with van der Waals surface area (Å²) in [4.78, 5) is 20.1. The predicted octanol–water partition coefficient (Wildman–Crippen LogP) is 15.2. The van der Waals surface area contributed by atoms with Gasteiger partial charge in [0, 0.05) is 69.4 Å². The summed E-state index contributed by atoms with van der Waals surface area (Å²) in [6, 6.07) is 65.1. The fraction of sp³-hybridized carbons (Fsp3) is 0. The van der Waals surface area contributed by atoms with E-state index in [1.54, 1.807) is 6.20 Å². The first-order chi connectivity index (χ1) is 29.7. The molecule has 0 amide bonds. The maximum atomic E-state index is 5.32. The summed E-state index contributed by atoms with van der Waals surface area (Å²) in [5, 5.41) is 7.32. The Hall–Kier alpha value is -7.38. The molecule has 6 heteroatoms. The summed E-state index contributed by atoms with van der Waals surface area (Å²) in [7, 11) is 0. The summed E-state index contributed by atoms with van der Waals surface area (Å²) < 4.78 is 5.15. The summed E-state index contributed by atoms with van der Waals surface area (Å²) in [6.07, 6.45) is 3.68. The molecule has 0 unspecified atom stereocenters. The molecule has 60 heavy (non-hydrogen) atoms. The zero-order chi connectivity index (χ0) is 39.6. The van der Waals surface area contributed by atoms with Crippen LogP contribution in [0.5, 0.6) is 0 Å². The van der Waals surface area contributed by atoms with Crippen molar-refractivity contribution in [3.8, 4) is 67.5 Å². The molecule has 0 atom stereocenters. The Morgan fingerprint density at radius 2 is 0.817 bits per heavy atom. The van der Waals surface area contributed by atoms with Crippen molar-refractivity contribution in [3.05, 3.63) is 194 Å². The van der Waals surface area contributed by atoms with E-state index in [1.165, 1.54) is 40.3 Å². The number of rotatable bonds is 6. The molecule has 12 rings (SSSR count). The number of benzene rings is 8. The molecule has 0 bridgehead atoms. The van der Waals surface area contributed by atoms with Crippen LogP contribution >= 0.6 is 22.7 Å². The maximum Gasteiger partial charge on any atom is 0.164 e. The first-order valence-corrected chi connectivity index (χ1v) is 21.6. The zero-order valence-corrected chi connectivity index (χ0v) is 33.7. The molecule has 4 heterocycles. The molecule has 0 saturated heterocycles. The van der Waals surface area contributed by atoms with E-state index in [0.29, 0.717) is 17.5 Å². The minimum atomic E-state index is 0.616. The van der Waals surface area contributed by atoms with Gasteiger partial charge in [-0.15, -0.1) is 22.7 Å². The van der Waals surface area contributed by atoms with Crippen LogP contribution in [-0.4, -0.2) is 19.9 Å². The van der Waals surface area contributed by atoms with E-state index in [2.05, 4.69) is 181 Å². The van der Waals surface area contributed by atoms with Crippen LogP contribution in [0.25, 0.3) is 119 Å². The van der Waals surface area contributed by atoms with Crippen LogP contribution in [0.15, 0.2) is 194 Å². The van der Waals surface area contributed by atoms with Crippen molar-refractivity contribution in [2.75, 3.05) is 0 Å². The molecule has 0 fully saturated rings. The van der Waals surface area contributed by atoms with E-state index in [9.17, 15) is 0 Å². The van der Waals surface area contributed by atoms with Gasteiger partial charge < -0.3 is 0 Å². The number of nitrogens with zero attached hydrogens (tertiary/aromatic N) is 4. The zero-order valence-electron chi connectivity index (χ0n) is 32.1. The molecule has 12 aromatic rings. The van der Waals surface area contributed by atoms with E-state index in [4.69, 9.17) is 15.0 Å². The first kappa shape index (κ1) is 34.6. The molecule has 0 saturated carbocycles. The van der Waals surface area contributed by atoms with Crippen LogP contribution in [0.2, 0.25) is 0 Å². The smallest absolute Gasteiger partial charge is 0.164 e. The third-order valence-electron chi connectivity index (χ3n) is 11.4. The fourth-order valence-electron chi connectivity index (χ4n) is 8.42. The van der Waals surface area contributed by atoms with Crippen LogP contribution in [0, 0.1) is 0 Å². The quantitative estimate of drug-likeness (QED) is 0.168. The standard InChI is InChI=1S/C54H32N4S2/c1-2-12-42-34(9-1)10-7-15-45(42)54-57-52(35-20-18-33(19-21-35)38-11-8-26-55-32-38)56-53(58-54)41-28-39(36-22-24-50-46(30-36)43-13-3-5-16-48(43)59-50)27-40(29-41)37-23-25-51-47(31-37)44-14-4-6-17-49(44)60-51/h1-32H. The lowest BCUT2D eigenvalue weighted by Crippen LogP contribution is -2.01. The summed E-state index contributed by atoms with van der Waals surface area (Å²) in [5.74, 6) is 1.86. The van der Waals surface area contributed by atoms with E-state index in [1.807, 2.05) is 34.9 Å². The average molecular weight is 801 g/mol. The Balaban J connectivity index is 1.08. The molecule has 280 valence electrons. The average Bonchev–Trinajstić information content (AvgIpc) is 3.89. The minimum Gasteiger partial charge on any atom is -0.264 e. The lowest BCUT2D eigenvalue weighted by atomic mass is 9.94. The van der Waals surface area contributed by atoms with Crippen molar-refractivity contribution in [2.45, 2.75) is 0 Å². The van der Waals surface area contributed by atoms with Crippen molar-refractivity contribution in [3.63, 3.8) is 0 Å². The molecular formula is C54H32N4S2. The second-order valence-electron chi connectivity index (χ2n) is 15.1. The number of hydrogen-bond donors (Lipinski definition) is 0. The number of hydrogen-bond acceptors (Lipinski definition) is 6. The topological polar surface area (TPSA) is 51.6 Å². The van der Waals surface area contributed by atoms with Crippen LogP contribution < -0.4 is 0 Å². The van der Waals surface area contributed by atoms with E-state index in [-0.39, 0.29) is 0 Å². The van der Waals surface area contributed by atoms with Crippen molar-refractivity contribution in [2.24, 2.45) is 0 Å². The Kier molecular flexibility index (Phi) is 8.18. The Morgan fingerprint density at radius 3 is 1.47 bits per heavy atom. The van der Waals surface area contributed by atoms with Crippen molar-refractivity contribution in [1.82, 2.24) is 19.9 Å². The number of fused-ring (bicyclic) bond motifs is 7. The van der Waals surface area contributed by atoms with Crippen molar-refractivity contribution < 1.29 is 0 Å². The van der Waals surface area contributed by atoms with E-state index >= 15 is 0 Å². The van der Waals surface area contributed by atoms with Crippen LogP contribution in [-0.2, 0) is 0 Å². The highest BCUT2D eigenvalue weighted by molar-refractivity contribution is 7.26. The summed E-state index contributed by atoms with van der Waals surface area (Å²) in [6.45, 7) is 0. The van der Waals surface area contributed by atoms with Gasteiger partial charge in [0.25, 0.3) is 0 Å². The summed E-state index contributed by atoms with van der Waals surface area (Å²) >= 11 is 3.68. The van der Waals surface area contributed by atoms with Gasteiger partial charge in [-0.25, -0.2) is 15.0 Å².